The average molecular weight is 230 g/mol. The highest BCUT2D eigenvalue weighted by Gasteiger charge is 2.06. The van der Waals surface area contributed by atoms with Crippen LogP contribution in [0.15, 0.2) is 40.0 Å². The molecule has 1 aromatic carbocycles. The van der Waals surface area contributed by atoms with E-state index in [0.29, 0.717) is 11.7 Å². The third-order valence-corrected chi connectivity index (χ3v) is 2.18. The highest BCUT2D eigenvalue weighted by Crippen LogP contribution is 2.24. The molecule has 0 aliphatic rings. The molecule has 0 aliphatic carbocycles. The number of hydrogen-bond acceptors (Lipinski definition) is 4. The van der Waals surface area contributed by atoms with Gasteiger partial charge < -0.3 is 9.15 Å². The van der Waals surface area contributed by atoms with E-state index in [0.717, 1.165) is 11.3 Å². The Bertz CT molecular complexity index is 558. The van der Waals surface area contributed by atoms with Gasteiger partial charge in [-0.25, -0.2) is 4.98 Å². The van der Waals surface area contributed by atoms with Gasteiger partial charge in [-0.1, -0.05) is 17.2 Å². The molecular weight excluding hydrogens is 220 g/mol. The second kappa shape index (κ2) is 5.05. The third kappa shape index (κ3) is 2.56. The van der Waals surface area contributed by atoms with Gasteiger partial charge in [-0.2, -0.15) is 0 Å². The van der Waals surface area contributed by atoms with Crippen LogP contribution < -0.4 is 4.74 Å². The van der Waals surface area contributed by atoms with Crippen LogP contribution in [-0.4, -0.2) is 12.1 Å². The highest BCUT2D eigenvalue weighted by molar-refractivity contribution is 5.58. The normalized spacial score (nSPS) is 9.71. The SMILES string of the molecule is COc1cccc(-c2cnc(CN=[N+]=[N-])o2)c1. The van der Waals surface area contributed by atoms with Crippen molar-refractivity contribution in [3.63, 3.8) is 0 Å². The van der Waals surface area contributed by atoms with E-state index < -0.39 is 0 Å². The molecule has 0 fully saturated rings. The van der Waals surface area contributed by atoms with Gasteiger partial charge in [0.2, 0.25) is 5.89 Å². The number of ether oxygens (including phenoxy) is 1. The van der Waals surface area contributed by atoms with Crippen LogP contribution in [0.25, 0.3) is 21.8 Å². The molecule has 0 N–H and O–H groups in total. The summed E-state index contributed by atoms with van der Waals surface area (Å²) in [5.41, 5.74) is 9.06. The van der Waals surface area contributed by atoms with E-state index in [1.165, 1.54) is 0 Å². The number of hydrogen-bond donors (Lipinski definition) is 0. The molecule has 6 nitrogen and oxygen atoms in total. The summed E-state index contributed by atoms with van der Waals surface area (Å²) >= 11 is 0. The fourth-order valence-corrected chi connectivity index (χ4v) is 1.39. The Morgan fingerprint density at radius 2 is 2.41 bits per heavy atom. The van der Waals surface area contributed by atoms with E-state index >= 15 is 0 Å². The van der Waals surface area contributed by atoms with Crippen LogP contribution in [0.1, 0.15) is 5.89 Å². The van der Waals surface area contributed by atoms with Crippen LogP contribution in [0, 0.1) is 0 Å². The zero-order valence-electron chi connectivity index (χ0n) is 9.20. The summed E-state index contributed by atoms with van der Waals surface area (Å²) in [5.74, 6) is 1.75. The molecule has 0 saturated carbocycles. The first-order valence-electron chi connectivity index (χ1n) is 4.93. The minimum Gasteiger partial charge on any atom is -0.497 e. The lowest BCUT2D eigenvalue weighted by atomic mass is 10.2. The molecule has 0 unspecified atom stereocenters. The first-order valence-corrected chi connectivity index (χ1v) is 4.93. The Labute approximate surface area is 97.5 Å². The van der Waals surface area contributed by atoms with Crippen molar-refractivity contribution in [2.24, 2.45) is 5.11 Å². The number of aromatic nitrogens is 1. The van der Waals surface area contributed by atoms with Crippen molar-refractivity contribution in [1.29, 1.82) is 0 Å². The van der Waals surface area contributed by atoms with E-state index in [4.69, 9.17) is 14.7 Å². The summed E-state index contributed by atoms with van der Waals surface area (Å²) in [6.07, 6.45) is 1.59. The van der Waals surface area contributed by atoms with Crippen molar-refractivity contribution in [2.45, 2.75) is 6.54 Å². The first-order chi connectivity index (χ1) is 8.33. The average Bonchev–Trinajstić information content (AvgIpc) is 2.85. The van der Waals surface area contributed by atoms with Crippen LogP contribution in [0.3, 0.4) is 0 Å². The van der Waals surface area contributed by atoms with Crippen LogP contribution in [0.4, 0.5) is 0 Å². The number of azide groups is 1. The fraction of sp³-hybridized carbons (Fsp3) is 0.182. The van der Waals surface area contributed by atoms with Gasteiger partial charge in [0, 0.05) is 10.5 Å². The quantitative estimate of drug-likeness (QED) is 0.459. The second-order valence-electron chi connectivity index (χ2n) is 3.24. The summed E-state index contributed by atoms with van der Waals surface area (Å²) in [5, 5.41) is 3.38. The lowest BCUT2D eigenvalue weighted by Gasteiger charge is -2.00. The minimum absolute atomic E-state index is 0.112. The predicted molar refractivity (Wildman–Crippen MR) is 61.3 cm³/mol. The monoisotopic (exact) mass is 230 g/mol. The summed E-state index contributed by atoms with van der Waals surface area (Å²) in [7, 11) is 1.60. The lowest BCUT2D eigenvalue weighted by Crippen LogP contribution is -1.82. The van der Waals surface area contributed by atoms with E-state index in [1.807, 2.05) is 24.3 Å². The van der Waals surface area contributed by atoms with Gasteiger partial charge >= 0.3 is 0 Å². The summed E-state index contributed by atoms with van der Waals surface area (Å²) in [4.78, 5) is 6.66. The standard InChI is InChI=1S/C11H10N4O2/c1-16-9-4-2-3-8(5-9)10-6-13-11(17-10)7-14-15-12/h2-6H,7H2,1H3. The number of benzene rings is 1. The Balaban J connectivity index is 2.26. The molecule has 0 spiro atoms. The number of rotatable bonds is 4. The fourth-order valence-electron chi connectivity index (χ4n) is 1.39. The van der Waals surface area contributed by atoms with E-state index in [1.54, 1.807) is 13.3 Å². The van der Waals surface area contributed by atoms with Crippen molar-refractivity contribution < 1.29 is 9.15 Å². The Hall–Kier alpha value is -2.46. The van der Waals surface area contributed by atoms with Gasteiger partial charge in [0.15, 0.2) is 5.76 Å². The lowest BCUT2D eigenvalue weighted by molar-refractivity contribution is 0.414. The Morgan fingerprint density at radius 1 is 1.53 bits per heavy atom. The largest absolute Gasteiger partial charge is 0.497 e. The minimum atomic E-state index is 0.112. The van der Waals surface area contributed by atoms with Crippen LogP contribution in [0.2, 0.25) is 0 Å². The molecule has 0 amide bonds. The highest BCUT2D eigenvalue weighted by atomic mass is 16.5. The summed E-state index contributed by atoms with van der Waals surface area (Å²) < 4.78 is 10.6. The van der Waals surface area contributed by atoms with Crippen molar-refractivity contribution >= 4 is 0 Å². The van der Waals surface area contributed by atoms with E-state index in [9.17, 15) is 0 Å². The van der Waals surface area contributed by atoms with Crippen molar-refractivity contribution in [1.82, 2.24) is 4.98 Å². The molecule has 1 heterocycles. The van der Waals surface area contributed by atoms with Gasteiger partial charge in [-0.05, 0) is 17.7 Å². The molecule has 2 aromatic rings. The van der Waals surface area contributed by atoms with E-state index in [-0.39, 0.29) is 6.54 Å². The summed E-state index contributed by atoms with van der Waals surface area (Å²) in [6.45, 7) is 0.112. The molecule has 0 saturated heterocycles. The van der Waals surface area contributed by atoms with Gasteiger partial charge in [0.25, 0.3) is 0 Å². The molecule has 2 rings (SSSR count). The zero-order chi connectivity index (χ0) is 12.1. The van der Waals surface area contributed by atoms with E-state index in [2.05, 4.69) is 15.0 Å². The second-order valence-corrected chi connectivity index (χ2v) is 3.24. The summed E-state index contributed by atoms with van der Waals surface area (Å²) in [6, 6.07) is 7.45. The van der Waals surface area contributed by atoms with Gasteiger partial charge in [0.1, 0.15) is 12.3 Å². The van der Waals surface area contributed by atoms with Crippen molar-refractivity contribution in [3.8, 4) is 17.1 Å². The zero-order valence-corrected chi connectivity index (χ0v) is 9.20. The molecule has 6 heteroatoms. The van der Waals surface area contributed by atoms with Gasteiger partial charge in [-0.3, -0.25) is 0 Å². The predicted octanol–water partition coefficient (Wildman–Crippen LogP) is 3.16. The third-order valence-electron chi connectivity index (χ3n) is 2.18. The van der Waals surface area contributed by atoms with Crippen LogP contribution >= 0.6 is 0 Å². The topological polar surface area (TPSA) is 84.0 Å². The molecule has 86 valence electrons. The van der Waals surface area contributed by atoms with Gasteiger partial charge in [0.05, 0.1) is 13.3 Å². The number of methoxy groups -OCH3 is 1. The Morgan fingerprint density at radius 3 is 3.18 bits per heavy atom. The first kappa shape index (κ1) is 11.0. The maximum atomic E-state index is 8.19. The Kier molecular flexibility index (Phi) is 3.28. The molecule has 1 aromatic heterocycles. The maximum Gasteiger partial charge on any atom is 0.200 e. The smallest absolute Gasteiger partial charge is 0.200 e. The molecule has 0 bridgehead atoms. The van der Waals surface area contributed by atoms with Crippen molar-refractivity contribution in [3.05, 3.63) is 46.8 Å². The molecule has 0 aliphatic heterocycles. The maximum absolute atomic E-state index is 8.19. The number of oxazole rings is 1. The van der Waals surface area contributed by atoms with Crippen LogP contribution in [0.5, 0.6) is 5.75 Å². The number of nitrogens with zero attached hydrogens (tertiary/aromatic N) is 4. The molecule has 0 radical (unpaired) electrons. The molecule has 17 heavy (non-hydrogen) atoms. The van der Waals surface area contributed by atoms with Gasteiger partial charge in [-0.15, -0.1) is 0 Å². The van der Waals surface area contributed by atoms with Crippen LogP contribution in [-0.2, 0) is 6.54 Å². The van der Waals surface area contributed by atoms with Crippen molar-refractivity contribution in [2.75, 3.05) is 7.11 Å². The molecular formula is C11H10N4O2. The molecule has 0 atom stereocenters.